The van der Waals surface area contributed by atoms with E-state index in [1.54, 1.807) is 24.3 Å². The van der Waals surface area contributed by atoms with E-state index in [0.717, 1.165) is 16.2 Å². The zero-order valence-electron chi connectivity index (χ0n) is 16.2. The number of nitrogens with zero attached hydrogens (tertiary/aromatic N) is 1. The lowest BCUT2D eigenvalue weighted by molar-refractivity contribution is -0.120. The van der Waals surface area contributed by atoms with Crippen LogP contribution in [0, 0.1) is 6.92 Å². The van der Waals surface area contributed by atoms with Crippen LogP contribution in [0.1, 0.15) is 11.1 Å². The Labute approximate surface area is 169 Å². The van der Waals surface area contributed by atoms with Crippen molar-refractivity contribution in [1.82, 2.24) is 0 Å². The quantitative estimate of drug-likeness (QED) is 0.663. The number of nitrogens with one attached hydrogen (secondary N) is 1. The van der Waals surface area contributed by atoms with Crippen LogP contribution in [-0.2, 0) is 9.59 Å². The average molecular weight is 384 g/mol. The fraction of sp³-hybridized carbons (Fsp3) is 0.0833. The molecule has 1 aliphatic heterocycles. The predicted octanol–water partition coefficient (Wildman–Crippen LogP) is 4.40. The maximum atomic E-state index is 13.4. The summed E-state index contributed by atoms with van der Waals surface area (Å²) in [4.78, 5) is 27.9. The number of methoxy groups -OCH3 is 1. The lowest BCUT2D eigenvalue weighted by atomic mass is 10.0. The number of aryl methyl sites for hydroxylation is 1. The summed E-state index contributed by atoms with van der Waals surface area (Å²) in [6.07, 6.45) is 0. The van der Waals surface area contributed by atoms with E-state index in [9.17, 15) is 9.59 Å². The van der Waals surface area contributed by atoms with Crippen molar-refractivity contribution in [2.45, 2.75) is 6.92 Å². The number of rotatable bonds is 5. The summed E-state index contributed by atoms with van der Waals surface area (Å²) in [5.74, 6) is -0.350. The van der Waals surface area contributed by atoms with Crippen LogP contribution in [0.3, 0.4) is 0 Å². The van der Waals surface area contributed by atoms with Gasteiger partial charge in [-0.2, -0.15) is 0 Å². The second kappa shape index (κ2) is 7.64. The van der Waals surface area contributed by atoms with Crippen molar-refractivity contribution in [1.29, 1.82) is 0 Å². The molecule has 1 aliphatic rings. The highest BCUT2D eigenvalue weighted by molar-refractivity contribution is 6.46. The summed E-state index contributed by atoms with van der Waals surface area (Å²) in [6, 6.07) is 23.9. The van der Waals surface area contributed by atoms with Gasteiger partial charge in [-0.1, -0.05) is 60.2 Å². The molecule has 4 rings (SSSR count). The first-order valence-corrected chi connectivity index (χ1v) is 9.25. The molecule has 0 aliphatic carbocycles. The van der Waals surface area contributed by atoms with E-state index in [4.69, 9.17) is 4.74 Å². The van der Waals surface area contributed by atoms with Gasteiger partial charge in [0.05, 0.1) is 18.4 Å². The third-order valence-corrected chi connectivity index (χ3v) is 4.79. The molecule has 1 heterocycles. The van der Waals surface area contributed by atoms with E-state index in [0.29, 0.717) is 22.6 Å². The van der Waals surface area contributed by atoms with E-state index < -0.39 is 5.91 Å². The minimum absolute atomic E-state index is 0.246. The van der Waals surface area contributed by atoms with Gasteiger partial charge >= 0.3 is 0 Å². The summed E-state index contributed by atoms with van der Waals surface area (Å²) in [6.45, 7) is 1.99. The number of ether oxygens (including phenoxy) is 1. The van der Waals surface area contributed by atoms with Crippen LogP contribution in [-0.4, -0.2) is 18.9 Å². The second-order valence-corrected chi connectivity index (χ2v) is 6.72. The molecule has 0 radical (unpaired) electrons. The fourth-order valence-electron chi connectivity index (χ4n) is 3.33. The molecule has 0 saturated heterocycles. The molecule has 3 aromatic carbocycles. The van der Waals surface area contributed by atoms with E-state index in [-0.39, 0.29) is 11.6 Å². The SMILES string of the molecule is COc1ccccc1N1C(=O)C(Nc2ccc(C)cc2)=C(c2ccccc2)C1=O. The van der Waals surface area contributed by atoms with Crippen LogP contribution in [0.2, 0.25) is 0 Å². The van der Waals surface area contributed by atoms with Gasteiger partial charge in [0.1, 0.15) is 11.4 Å². The van der Waals surface area contributed by atoms with Crippen LogP contribution in [0.15, 0.2) is 84.6 Å². The first kappa shape index (κ1) is 18.5. The van der Waals surface area contributed by atoms with E-state index >= 15 is 0 Å². The Balaban J connectivity index is 1.83. The molecule has 0 bridgehead atoms. The van der Waals surface area contributed by atoms with Crippen LogP contribution in [0.25, 0.3) is 5.57 Å². The van der Waals surface area contributed by atoms with Crippen molar-refractivity contribution in [3.05, 3.63) is 95.7 Å². The molecule has 5 heteroatoms. The van der Waals surface area contributed by atoms with Gasteiger partial charge in [-0.3, -0.25) is 9.59 Å². The van der Waals surface area contributed by atoms with Crippen molar-refractivity contribution in [2.24, 2.45) is 0 Å². The van der Waals surface area contributed by atoms with Gasteiger partial charge in [-0.25, -0.2) is 4.90 Å². The number of para-hydroxylation sites is 2. The Morgan fingerprint density at radius 2 is 1.45 bits per heavy atom. The Morgan fingerprint density at radius 3 is 2.14 bits per heavy atom. The minimum Gasteiger partial charge on any atom is -0.495 e. The molecule has 5 nitrogen and oxygen atoms in total. The van der Waals surface area contributed by atoms with Crippen molar-refractivity contribution < 1.29 is 14.3 Å². The van der Waals surface area contributed by atoms with Crippen molar-refractivity contribution in [3.8, 4) is 5.75 Å². The molecular formula is C24H20N2O3. The third kappa shape index (κ3) is 3.38. The summed E-state index contributed by atoms with van der Waals surface area (Å²) in [5.41, 5.74) is 3.52. The molecule has 3 aromatic rings. The van der Waals surface area contributed by atoms with Crippen LogP contribution < -0.4 is 15.0 Å². The second-order valence-electron chi connectivity index (χ2n) is 6.72. The number of carbonyl (C=O) groups is 2. The standard InChI is InChI=1S/C24H20N2O3/c1-16-12-14-18(15-13-16)25-22-21(17-8-4-3-5-9-17)23(27)26(24(22)28)19-10-6-7-11-20(19)29-2/h3-15,25H,1-2H3. The number of imide groups is 1. The molecule has 0 spiro atoms. The van der Waals surface area contributed by atoms with E-state index in [1.165, 1.54) is 7.11 Å². The lowest BCUT2D eigenvalue weighted by Crippen LogP contribution is -2.32. The Morgan fingerprint density at radius 1 is 0.793 bits per heavy atom. The molecule has 1 N–H and O–H groups in total. The molecule has 0 unspecified atom stereocenters. The zero-order valence-corrected chi connectivity index (χ0v) is 16.2. The normalized spacial score (nSPS) is 13.8. The molecular weight excluding hydrogens is 364 g/mol. The van der Waals surface area contributed by atoms with Gasteiger partial charge < -0.3 is 10.1 Å². The van der Waals surface area contributed by atoms with Crippen LogP contribution >= 0.6 is 0 Å². The molecule has 2 amide bonds. The summed E-state index contributed by atoms with van der Waals surface area (Å²) in [5, 5.41) is 3.16. The van der Waals surface area contributed by atoms with Crippen LogP contribution in [0.5, 0.6) is 5.75 Å². The summed E-state index contributed by atoms with van der Waals surface area (Å²) >= 11 is 0. The third-order valence-electron chi connectivity index (χ3n) is 4.79. The molecule has 0 aromatic heterocycles. The monoisotopic (exact) mass is 384 g/mol. The minimum atomic E-state index is -0.418. The predicted molar refractivity (Wildman–Crippen MR) is 114 cm³/mol. The Hall–Kier alpha value is -3.86. The lowest BCUT2D eigenvalue weighted by Gasteiger charge is -2.18. The largest absolute Gasteiger partial charge is 0.495 e. The highest BCUT2D eigenvalue weighted by Gasteiger charge is 2.41. The van der Waals surface area contributed by atoms with Gasteiger partial charge in [-0.15, -0.1) is 0 Å². The van der Waals surface area contributed by atoms with E-state index in [2.05, 4.69) is 5.32 Å². The maximum absolute atomic E-state index is 13.4. The van der Waals surface area contributed by atoms with Gasteiger partial charge in [-0.05, 0) is 36.8 Å². The average Bonchev–Trinajstić information content (AvgIpc) is 2.99. The smallest absolute Gasteiger partial charge is 0.282 e. The molecule has 29 heavy (non-hydrogen) atoms. The fourth-order valence-corrected chi connectivity index (χ4v) is 3.33. The number of hydrogen-bond acceptors (Lipinski definition) is 4. The van der Waals surface area contributed by atoms with E-state index in [1.807, 2.05) is 61.5 Å². The number of amides is 2. The summed E-state index contributed by atoms with van der Waals surface area (Å²) < 4.78 is 5.38. The number of carbonyl (C=O) groups excluding carboxylic acids is 2. The Bertz CT molecular complexity index is 1100. The number of benzene rings is 3. The van der Waals surface area contributed by atoms with Gasteiger partial charge in [0, 0.05) is 5.69 Å². The maximum Gasteiger partial charge on any atom is 0.282 e. The number of anilines is 2. The summed E-state index contributed by atoms with van der Waals surface area (Å²) in [7, 11) is 1.51. The van der Waals surface area contributed by atoms with Crippen molar-refractivity contribution >= 4 is 28.8 Å². The van der Waals surface area contributed by atoms with Gasteiger partial charge in [0.15, 0.2) is 0 Å². The van der Waals surface area contributed by atoms with Gasteiger partial charge in [0.2, 0.25) is 0 Å². The highest BCUT2D eigenvalue weighted by Crippen LogP contribution is 2.37. The van der Waals surface area contributed by atoms with Gasteiger partial charge in [0.25, 0.3) is 11.8 Å². The molecule has 0 saturated carbocycles. The van der Waals surface area contributed by atoms with Crippen molar-refractivity contribution in [3.63, 3.8) is 0 Å². The highest BCUT2D eigenvalue weighted by atomic mass is 16.5. The topological polar surface area (TPSA) is 58.6 Å². The first-order chi connectivity index (χ1) is 14.1. The number of hydrogen-bond donors (Lipinski definition) is 1. The van der Waals surface area contributed by atoms with Crippen LogP contribution in [0.4, 0.5) is 11.4 Å². The molecule has 0 atom stereocenters. The van der Waals surface area contributed by atoms with Crippen molar-refractivity contribution in [2.75, 3.05) is 17.3 Å². The molecule has 144 valence electrons. The zero-order chi connectivity index (χ0) is 20.4. The first-order valence-electron chi connectivity index (χ1n) is 9.25. The molecule has 0 fully saturated rings. The Kier molecular flexibility index (Phi) is 4.87.